The average molecular weight is 347 g/mol. The molecule has 0 aliphatic rings. The van der Waals surface area contributed by atoms with Crippen LogP contribution in [0.15, 0.2) is 0 Å². The first-order chi connectivity index (χ1) is 3.46. The normalized spacial score (nSPS) is 3.85. The molecule has 0 rings (SSSR count). The fourth-order valence-electron chi connectivity index (χ4n) is 0. The Balaban J connectivity index is -0.00000000800. The largest absolute Gasteiger partial charge is 2.00 e. The van der Waals surface area contributed by atoms with Crippen LogP contribution < -0.4 is 10.2 Å². The third-order valence-corrected chi connectivity index (χ3v) is 0. The zero-order chi connectivity index (χ0) is 7.15. The maximum absolute atomic E-state index is 8.89. The van der Waals surface area contributed by atoms with Gasteiger partial charge in [0.15, 0.2) is 0 Å². The van der Waals surface area contributed by atoms with Crippen LogP contribution >= 0.6 is 0 Å². The second-order valence-electron chi connectivity index (χ2n) is 0.983. The molecule has 0 aliphatic heterocycles. The Labute approximate surface area is 107 Å². The van der Waals surface area contributed by atoms with E-state index in [0.29, 0.717) is 0 Å². The molecule has 0 aromatic rings. The van der Waals surface area contributed by atoms with Crippen molar-refractivity contribution in [2.75, 3.05) is 0 Å². The van der Waals surface area contributed by atoms with Gasteiger partial charge in [-0.1, -0.05) is 0 Å². The van der Waals surface area contributed by atoms with Crippen LogP contribution in [0.4, 0.5) is 0 Å². The second kappa shape index (κ2) is 40.1. The Bertz CT molecular complexity index is 74.1. The van der Waals surface area contributed by atoms with Gasteiger partial charge in [0.2, 0.25) is 0 Å². The minimum absolute atomic E-state index is 0. The molecular weight excluding hydrogens is 333 g/mol. The van der Waals surface area contributed by atoms with E-state index < -0.39 is 11.9 Å². The monoisotopic (exact) mass is 348 g/mol. The molecular formula is C4H14GdO8. The standard InChI is InChI=1S/2C2H4O2.Gd.4H2O/c2*1-2(3)4;;;;;/h2*1H3,(H,3,4);;4*1H2/q;;+2;;;;/p-2. The van der Waals surface area contributed by atoms with Crippen molar-refractivity contribution >= 4 is 11.9 Å². The summed E-state index contributed by atoms with van der Waals surface area (Å²) in [6.45, 7) is 1.94. The molecule has 0 aromatic carbocycles. The van der Waals surface area contributed by atoms with Crippen molar-refractivity contribution in [1.29, 1.82) is 0 Å². The predicted molar refractivity (Wildman–Crippen MR) is 35.8 cm³/mol. The number of rotatable bonds is 0. The third kappa shape index (κ3) is 113000. The summed E-state index contributed by atoms with van der Waals surface area (Å²) in [5.74, 6) is -2.17. The van der Waals surface area contributed by atoms with E-state index in [2.05, 4.69) is 0 Å². The molecule has 0 fully saturated rings. The first kappa shape index (κ1) is 51.5. The number of aliphatic carboxylic acids is 2. The van der Waals surface area contributed by atoms with Gasteiger partial charge in [0.25, 0.3) is 0 Å². The smallest absolute Gasteiger partial charge is 0.550 e. The van der Waals surface area contributed by atoms with Crippen LogP contribution in [0.2, 0.25) is 0 Å². The molecule has 0 radical (unpaired) electrons. The minimum atomic E-state index is -1.08. The Morgan fingerprint density at radius 1 is 0.769 bits per heavy atom. The first-order valence-corrected chi connectivity index (χ1v) is 1.82. The number of hydrogen-bond donors (Lipinski definition) is 0. The van der Waals surface area contributed by atoms with Crippen LogP contribution in [-0.4, -0.2) is 33.8 Å². The Morgan fingerprint density at radius 2 is 0.769 bits per heavy atom. The van der Waals surface area contributed by atoms with Gasteiger partial charge in [-0.05, 0) is 13.8 Å². The summed E-state index contributed by atoms with van der Waals surface area (Å²) in [4.78, 5) is 17.8. The van der Waals surface area contributed by atoms with E-state index in [9.17, 15) is 0 Å². The van der Waals surface area contributed by atoms with Crippen LogP contribution in [0.3, 0.4) is 0 Å². The van der Waals surface area contributed by atoms with Crippen LogP contribution in [0.5, 0.6) is 0 Å². The molecule has 86 valence electrons. The zero-order valence-electron chi connectivity index (χ0n) is 6.99. The summed E-state index contributed by atoms with van der Waals surface area (Å²) in [5, 5.41) is 17.8. The van der Waals surface area contributed by atoms with Gasteiger partial charge >= 0.3 is 39.9 Å². The van der Waals surface area contributed by atoms with Gasteiger partial charge in [0.1, 0.15) is 0 Å². The van der Waals surface area contributed by atoms with Crippen LogP contribution in [0.25, 0.3) is 0 Å². The number of carboxylic acid groups (broad SMARTS) is 2. The molecule has 0 saturated carbocycles. The summed E-state index contributed by atoms with van der Waals surface area (Å²) in [6, 6.07) is 0. The maximum Gasteiger partial charge on any atom is 2.00 e. The Kier molecular flexibility index (Phi) is 159. The number of carbonyl (C=O) groups is 2. The van der Waals surface area contributed by atoms with E-state index in [4.69, 9.17) is 19.8 Å². The summed E-state index contributed by atoms with van der Waals surface area (Å²) in [6.07, 6.45) is 0. The topological polar surface area (TPSA) is 206 Å². The minimum Gasteiger partial charge on any atom is -0.550 e. The summed E-state index contributed by atoms with van der Waals surface area (Å²) >= 11 is 0. The average Bonchev–Trinajstić information content (AvgIpc) is 1.25. The molecule has 0 atom stereocenters. The molecule has 0 bridgehead atoms. The molecule has 0 spiro atoms. The van der Waals surface area contributed by atoms with Crippen molar-refractivity contribution in [2.24, 2.45) is 0 Å². The first-order valence-electron chi connectivity index (χ1n) is 1.82. The van der Waals surface area contributed by atoms with Gasteiger partial charge in [-0.2, -0.15) is 0 Å². The van der Waals surface area contributed by atoms with Gasteiger partial charge in [0, 0.05) is 11.9 Å². The number of carboxylic acids is 2. The van der Waals surface area contributed by atoms with Crippen LogP contribution in [-0.2, 0) is 9.59 Å². The maximum atomic E-state index is 8.89. The molecule has 0 amide bonds. The molecule has 8 N–H and O–H groups in total. The summed E-state index contributed by atoms with van der Waals surface area (Å²) in [7, 11) is 0. The van der Waals surface area contributed by atoms with Crippen molar-refractivity contribution in [3.8, 4) is 0 Å². The van der Waals surface area contributed by atoms with Gasteiger partial charge in [-0.25, -0.2) is 0 Å². The van der Waals surface area contributed by atoms with E-state index in [0.717, 1.165) is 13.8 Å². The Hall–Kier alpha value is 0.105. The summed E-state index contributed by atoms with van der Waals surface area (Å²) < 4.78 is 0. The summed E-state index contributed by atoms with van der Waals surface area (Å²) in [5.41, 5.74) is 0. The molecule has 9 heteroatoms. The van der Waals surface area contributed by atoms with E-state index in [1.165, 1.54) is 0 Å². The molecule has 0 unspecified atom stereocenters. The second-order valence-corrected chi connectivity index (χ2v) is 0.983. The molecule has 0 heterocycles. The van der Waals surface area contributed by atoms with Crippen molar-refractivity contribution in [1.82, 2.24) is 0 Å². The quantitative estimate of drug-likeness (QED) is 0.419. The van der Waals surface area contributed by atoms with Crippen molar-refractivity contribution < 1.29 is 81.6 Å². The number of hydrogen-bond acceptors (Lipinski definition) is 4. The van der Waals surface area contributed by atoms with Crippen molar-refractivity contribution in [2.45, 2.75) is 13.8 Å². The fraction of sp³-hybridized carbons (Fsp3) is 0.500. The number of carbonyl (C=O) groups excluding carboxylic acids is 2. The molecule has 0 aromatic heterocycles. The Morgan fingerprint density at radius 3 is 0.769 bits per heavy atom. The fourth-order valence-corrected chi connectivity index (χ4v) is 0. The zero-order valence-corrected chi connectivity index (χ0v) is 9.26. The molecule has 8 nitrogen and oxygen atoms in total. The van der Waals surface area contributed by atoms with E-state index in [-0.39, 0.29) is 61.8 Å². The van der Waals surface area contributed by atoms with Crippen LogP contribution in [0.1, 0.15) is 13.8 Å². The van der Waals surface area contributed by atoms with E-state index in [1.54, 1.807) is 0 Å². The van der Waals surface area contributed by atoms with Crippen LogP contribution in [0, 0.1) is 39.9 Å². The predicted octanol–water partition coefficient (Wildman–Crippen LogP) is -5.79. The van der Waals surface area contributed by atoms with Gasteiger partial charge in [0.05, 0.1) is 0 Å². The van der Waals surface area contributed by atoms with Crippen molar-refractivity contribution in [3.05, 3.63) is 0 Å². The molecule has 0 saturated heterocycles. The van der Waals surface area contributed by atoms with Gasteiger partial charge < -0.3 is 41.7 Å². The third-order valence-electron chi connectivity index (χ3n) is 0. The molecule has 13 heavy (non-hydrogen) atoms. The molecule has 0 aliphatic carbocycles. The SMILES string of the molecule is CC(=O)[O-].CC(=O)[O-].O.O.O.O.[Gd+2]. The van der Waals surface area contributed by atoms with E-state index in [1.807, 2.05) is 0 Å². The van der Waals surface area contributed by atoms with E-state index >= 15 is 0 Å². The van der Waals surface area contributed by atoms with Gasteiger partial charge in [-0.3, -0.25) is 0 Å². The van der Waals surface area contributed by atoms with Crippen molar-refractivity contribution in [3.63, 3.8) is 0 Å². The van der Waals surface area contributed by atoms with Gasteiger partial charge in [-0.15, -0.1) is 0 Å².